The number of aromatic amines is 2. The summed E-state index contributed by atoms with van der Waals surface area (Å²) in [5.74, 6) is 1.86. The molecule has 7 aliphatic rings. The molecule has 2 N–H and O–H groups in total. The number of H-pyrrole nitrogens is 2. The lowest BCUT2D eigenvalue weighted by Gasteiger charge is -2.52. The number of ether oxygens (including phenoxy) is 2. The molecule has 0 saturated carbocycles. The number of hydrogen-bond donors (Lipinski definition) is 2. The minimum Gasteiger partial charge on any atom is -0.494 e. The number of rotatable bonds is 16. The Morgan fingerprint density at radius 1 is 0.258 bits per heavy atom. The van der Waals surface area contributed by atoms with Crippen LogP contribution in [0.1, 0.15) is 95.2 Å². The van der Waals surface area contributed by atoms with Crippen molar-refractivity contribution in [2.45, 2.75) is 55.4 Å². The molecule has 36 aromatic rings. The van der Waals surface area contributed by atoms with Gasteiger partial charge < -0.3 is 19.4 Å². The van der Waals surface area contributed by atoms with Crippen molar-refractivity contribution >= 4 is 337 Å². The summed E-state index contributed by atoms with van der Waals surface area (Å²) in [5.41, 5.74) is 23.6. The van der Waals surface area contributed by atoms with Crippen LogP contribution in [0.5, 0.6) is 11.5 Å². The van der Waals surface area contributed by atoms with E-state index in [0.717, 1.165) is 133 Å². The van der Waals surface area contributed by atoms with Gasteiger partial charge in [-0.25, -0.2) is 9.97 Å². The molecule has 1 saturated heterocycles. The zero-order valence-electron chi connectivity index (χ0n) is 68.5. The van der Waals surface area contributed by atoms with E-state index < -0.39 is 5.41 Å². The van der Waals surface area contributed by atoms with Crippen LogP contribution < -0.4 is 9.47 Å². The molecule has 4 aliphatic carbocycles. The average molecular weight is 1610 g/mol. The third kappa shape index (κ3) is 4.97. The van der Waals surface area contributed by atoms with Gasteiger partial charge in [0.05, 0.1) is 46.8 Å². The van der Waals surface area contributed by atoms with Crippen LogP contribution in [0.2, 0.25) is 0 Å². The largest absolute Gasteiger partial charge is 0.494 e. The van der Waals surface area contributed by atoms with Crippen molar-refractivity contribution in [3.8, 4) is 56.0 Å². The standard InChI is InChI=1S/C121H55N5O2/c1-126-41-120-115-107-99-89-79-71-63-61-62-65-69-67(63)75-83-77(69)87-81-73(65)74-66(62)70-68-64(61)72(71)80-86-76(68)84-78(70)88-82(74)92-91(81)103-97(87)105-95(83)101(93(99)85(75)79)109(115)111(105)117-113(103)114-104(92)98(88)106-96(84)102-94(86)100(90(80)89)108(107)116(120)110(102)112(106)118(114)121(117,120)119(126)46-25-29-48(30-26-46)128-40-16-5-3-2-4-15-39-127-47-27-23-45(24-28-47)60-55-37-35-53(124-55)58(43-19-11-7-12-20-43)51-33-31-49(122-51)57(42-17-9-6-10-18-42)50-32-34-52(123-50)59(44-21-13-8-14-22-44)54-36-38-56(60)125-54/h6-14,17-38,119,122,125H,2-5,15-16,39-41H2,1H3. The molecule has 33 aromatic carbocycles. The predicted molar refractivity (Wildman–Crippen MR) is 535 cm³/mol. The zero-order chi connectivity index (χ0) is 80.1. The molecule has 0 amide bonds. The van der Waals surface area contributed by atoms with E-state index in [1.807, 2.05) is 0 Å². The Labute approximate surface area is 719 Å². The first kappa shape index (κ1) is 59.5. The summed E-state index contributed by atoms with van der Waals surface area (Å²) >= 11 is 0. The molecule has 0 radical (unpaired) electrons. The molecule has 8 bridgehead atoms. The smallest absolute Gasteiger partial charge is 0.119 e. The highest BCUT2D eigenvalue weighted by Crippen LogP contribution is 2.87. The maximum Gasteiger partial charge on any atom is 0.119 e. The number of fused-ring (bicyclic) bond motifs is 8. The van der Waals surface area contributed by atoms with E-state index in [1.54, 1.807) is 313 Å². The molecule has 7 nitrogen and oxygen atoms in total. The summed E-state index contributed by atoms with van der Waals surface area (Å²) in [6.07, 6.45) is 15.3. The number of benzene rings is 23. The number of aromatic nitrogens is 4. The summed E-state index contributed by atoms with van der Waals surface area (Å²) in [6.45, 7) is 2.38. The van der Waals surface area contributed by atoms with E-state index in [-0.39, 0.29) is 11.5 Å². The maximum absolute atomic E-state index is 6.92. The molecule has 3 aliphatic heterocycles. The van der Waals surface area contributed by atoms with E-state index in [4.69, 9.17) is 19.4 Å². The highest BCUT2D eigenvalue weighted by molar-refractivity contribution is 6.82. The Morgan fingerprint density at radius 2 is 0.484 bits per heavy atom. The van der Waals surface area contributed by atoms with E-state index >= 15 is 0 Å². The molecule has 7 heteroatoms. The van der Waals surface area contributed by atoms with E-state index in [1.165, 1.54) is 18.4 Å². The predicted octanol–water partition coefficient (Wildman–Crippen LogP) is 31.4. The van der Waals surface area contributed by atoms with E-state index in [9.17, 15) is 0 Å². The minimum absolute atomic E-state index is 0.0765. The third-order valence-corrected chi connectivity index (χ3v) is 37.3. The second-order valence-corrected chi connectivity index (χ2v) is 41.3. The fraction of sp³-hybridized carbons (Fsp3) is 0.107. The van der Waals surface area contributed by atoms with Crippen LogP contribution in [0.3, 0.4) is 0 Å². The van der Waals surface area contributed by atoms with Crippen LogP contribution in [0, 0.1) is 0 Å². The highest BCUT2D eigenvalue weighted by atomic mass is 16.5. The molecule has 1 unspecified atom stereocenters. The van der Waals surface area contributed by atoms with E-state index in [0.29, 0.717) is 13.2 Å². The Balaban J connectivity index is 0.402. The Morgan fingerprint density at radius 3 is 0.750 bits per heavy atom. The molecule has 2 spiro atoms. The number of hydrogen-bond acceptors (Lipinski definition) is 5. The first-order chi connectivity index (χ1) is 63.6. The van der Waals surface area contributed by atoms with Gasteiger partial charge in [-0.1, -0.05) is 141 Å². The minimum atomic E-state index is -0.400. The summed E-state index contributed by atoms with van der Waals surface area (Å²) < 4.78 is 13.5. The lowest BCUT2D eigenvalue weighted by atomic mass is 9.47. The van der Waals surface area contributed by atoms with E-state index in [2.05, 4.69) is 210 Å². The monoisotopic (exact) mass is 1610 g/mol. The van der Waals surface area contributed by atoms with Crippen LogP contribution in [-0.2, 0) is 10.8 Å². The SMILES string of the molecule is CN1CC23c4c5c6c7c8c9c(c%10c%11c2c2c4c4c%12c5c5c6c6c8c8c%13c9c9c%10c%10c%11c%11c2c2c4c4c%12c%12c5c5c6c8c6c8c%13c9c9c%10c%10c%11c2c2c4c4c%12c5c6c5c8c9c%10c2c45)C73C1c1ccc(OCCCCCCCCOc2ccc(-c3c4nc(c(-c5ccccc5)c5ccc([nH]5)c(-c5ccccc5)c5nc(c(-c6ccccc6)c6ccc3[nH]6)C=C5)C=C4)cc2)cc1. The molecule has 1 fully saturated rings. The first-order valence-corrected chi connectivity index (χ1v) is 46.9. The van der Waals surface area contributed by atoms with Crippen molar-refractivity contribution < 1.29 is 9.47 Å². The molecule has 1 atom stereocenters. The number of nitrogens with zero attached hydrogens (tertiary/aromatic N) is 3. The van der Waals surface area contributed by atoms with Gasteiger partial charge in [-0.3, -0.25) is 4.90 Å². The molecule has 128 heavy (non-hydrogen) atoms. The van der Waals surface area contributed by atoms with Gasteiger partial charge in [0.15, 0.2) is 0 Å². The van der Waals surface area contributed by atoms with Crippen molar-refractivity contribution in [3.05, 3.63) is 214 Å². The average Bonchev–Trinajstić information content (AvgIpc) is 1.38. The molecular formula is C121H55N5O2. The number of likely N-dealkylation sites (N-methyl/N-ethyl adjacent to an activating group) is 1. The van der Waals surface area contributed by atoms with Crippen LogP contribution in [0.4, 0.5) is 0 Å². The zero-order valence-corrected chi connectivity index (χ0v) is 68.5. The lowest BCUT2D eigenvalue weighted by Crippen LogP contribution is -2.51. The maximum atomic E-state index is 6.92. The van der Waals surface area contributed by atoms with Gasteiger partial charge in [-0.05, 0) is 434 Å². The van der Waals surface area contributed by atoms with Crippen LogP contribution >= 0.6 is 0 Å². The highest BCUT2D eigenvalue weighted by Gasteiger charge is 2.76. The van der Waals surface area contributed by atoms with Crippen molar-refractivity contribution in [2.75, 3.05) is 26.8 Å². The molecule has 43 rings (SSSR count). The Hall–Kier alpha value is -15.3. The molecule has 576 valence electrons. The second-order valence-electron chi connectivity index (χ2n) is 41.3. The number of unbranched alkanes of at least 4 members (excludes halogenated alkanes) is 5. The fourth-order valence-corrected chi connectivity index (χ4v) is 34.5. The van der Waals surface area contributed by atoms with Gasteiger partial charge in [-0.15, -0.1) is 0 Å². The Bertz CT molecular complexity index is 11100. The topological polar surface area (TPSA) is 79.1 Å². The van der Waals surface area contributed by atoms with Crippen molar-refractivity contribution in [1.29, 1.82) is 0 Å². The summed E-state index contributed by atoms with van der Waals surface area (Å²) in [5, 5.41) is 89.3. The van der Waals surface area contributed by atoms with Gasteiger partial charge in [0, 0.05) is 56.9 Å². The first-order valence-electron chi connectivity index (χ1n) is 46.9. The van der Waals surface area contributed by atoms with Gasteiger partial charge in [0.1, 0.15) is 11.5 Å². The van der Waals surface area contributed by atoms with Crippen LogP contribution in [0.25, 0.3) is 382 Å². The van der Waals surface area contributed by atoms with Gasteiger partial charge >= 0.3 is 0 Å². The van der Waals surface area contributed by atoms with Crippen molar-refractivity contribution in [3.63, 3.8) is 0 Å². The number of likely N-dealkylation sites (tertiary alicyclic amines) is 1. The number of nitrogens with one attached hydrogen (secondary N) is 2. The molecular weight excluding hydrogens is 1560 g/mol. The fourth-order valence-electron chi connectivity index (χ4n) is 34.5. The normalized spacial score (nSPS) is 18.6. The molecule has 3 aromatic heterocycles. The van der Waals surface area contributed by atoms with Crippen LogP contribution in [0.15, 0.2) is 164 Å². The summed E-state index contributed by atoms with van der Waals surface area (Å²) in [6, 6.07) is 59.3. The summed E-state index contributed by atoms with van der Waals surface area (Å²) in [4.78, 5) is 21.8. The van der Waals surface area contributed by atoms with Gasteiger partial charge in [-0.2, -0.15) is 0 Å². The third-order valence-electron chi connectivity index (χ3n) is 37.3. The van der Waals surface area contributed by atoms with Crippen molar-refractivity contribution in [1.82, 2.24) is 24.8 Å². The summed E-state index contributed by atoms with van der Waals surface area (Å²) in [7, 11) is 2.58. The quantitative estimate of drug-likeness (QED) is 0.0744. The van der Waals surface area contributed by atoms with Gasteiger partial charge in [0.25, 0.3) is 0 Å². The van der Waals surface area contributed by atoms with Gasteiger partial charge in [0.2, 0.25) is 0 Å². The van der Waals surface area contributed by atoms with Crippen molar-refractivity contribution in [2.24, 2.45) is 0 Å². The lowest BCUT2D eigenvalue weighted by molar-refractivity contribution is 0.270. The second kappa shape index (κ2) is 17.5. The van der Waals surface area contributed by atoms with Crippen LogP contribution in [-0.4, -0.2) is 51.6 Å². The molecule has 6 heterocycles. The Kier molecular flexibility index (Phi) is 8.14.